The van der Waals surface area contributed by atoms with Crippen molar-refractivity contribution >= 4 is 28.0 Å². The number of rotatable bonds is 5. The number of aromatic nitrogens is 1. The number of non-ortho nitro benzene ring substituents is 1. The van der Waals surface area contributed by atoms with Crippen LogP contribution in [0.4, 0.5) is 5.69 Å². The lowest BCUT2D eigenvalue weighted by atomic mass is 9.96. The molecule has 140 valence electrons. The summed E-state index contributed by atoms with van der Waals surface area (Å²) in [5.41, 5.74) is 3.17. The molecule has 0 spiro atoms. The predicted molar refractivity (Wildman–Crippen MR) is 109 cm³/mol. The van der Waals surface area contributed by atoms with Gasteiger partial charge in [0.2, 0.25) is 0 Å². The summed E-state index contributed by atoms with van der Waals surface area (Å²) >= 11 is 1.52. The van der Waals surface area contributed by atoms with E-state index < -0.39 is 10.5 Å². The molecule has 0 amide bonds. The maximum atomic E-state index is 12.7. The minimum absolute atomic E-state index is 0.00816. The van der Waals surface area contributed by atoms with Crippen LogP contribution in [0.15, 0.2) is 63.3 Å². The summed E-state index contributed by atoms with van der Waals surface area (Å²) in [7, 11) is 0. The van der Waals surface area contributed by atoms with Crippen LogP contribution < -0.4 is 5.63 Å². The van der Waals surface area contributed by atoms with Crippen LogP contribution in [0.3, 0.4) is 0 Å². The summed E-state index contributed by atoms with van der Waals surface area (Å²) in [6.07, 6.45) is 2.68. The number of hydrogen-bond donors (Lipinski definition) is 0. The average molecular weight is 392 g/mol. The number of benzene rings is 2. The summed E-state index contributed by atoms with van der Waals surface area (Å²) in [4.78, 5) is 27.6. The van der Waals surface area contributed by atoms with Gasteiger partial charge in [0.05, 0.1) is 4.92 Å². The van der Waals surface area contributed by atoms with Gasteiger partial charge in [-0.25, -0.2) is 9.78 Å². The predicted octanol–water partition coefficient (Wildman–Crippen LogP) is 4.98. The molecule has 0 saturated heterocycles. The largest absolute Gasteiger partial charge is 0.422 e. The van der Waals surface area contributed by atoms with E-state index in [1.807, 2.05) is 30.5 Å². The van der Waals surface area contributed by atoms with Crippen molar-refractivity contribution < 1.29 is 9.34 Å². The number of nitrogens with zero attached hydrogens (tertiary/aromatic N) is 2. The maximum Gasteiger partial charge on any atom is 0.340 e. The van der Waals surface area contributed by atoms with Gasteiger partial charge in [0.1, 0.15) is 10.6 Å². The minimum atomic E-state index is -0.437. The van der Waals surface area contributed by atoms with E-state index in [-0.39, 0.29) is 12.1 Å². The van der Waals surface area contributed by atoms with Gasteiger partial charge in [0, 0.05) is 46.6 Å². The zero-order valence-electron chi connectivity index (χ0n) is 15.0. The summed E-state index contributed by atoms with van der Waals surface area (Å²) in [5, 5.41) is 14.7. The molecule has 0 fully saturated rings. The lowest BCUT2D eigenvalue weighted by molar-refractivity contribution is -0.384. The molecule has 4 aromatic rings. The molecule has 0 unspecified atom stereocenters. The zero-order chi connectivity index (χ0) is 19.7. The van der Waals surface area contributed by atoms with E-state index in [1.165, 1.54) is 23.5 Å². The van der Waals surface area contributed by atoms with Crippen molar-refractivity contribution in [2.75, 3.05) is 0 Å². The first kappa shape index (κ1) is 18.1. The second-order valence-electron chi connectivity index (χ2n) is 6.35. The van der Waals surface area contributed by atoms with E-state index in [0.29, 0.717) is 23.1 Å². The number of aryl methyl sites for hydroxylation is 1. The van der Waals surface area contributed by atoms with Crippen LogP contribution in [0.25, 0.3) is 21.5 Å². The molecule has 2 aromatic carbocycles. The maximum absolute atomic E-state index is 12.7. The van der Waals surface area contributed by atoms with Crippen LogP contribution in [-0.2, 0) is 12.8 Å². The summed E-state index contributed by atoms with van der Waals surface area (Å²) in [6.45, 7) is 1.99. The van der Waals surface area contributed by atoms with Gasteiger partial charge in [-0.15, -0.1) is 11.3 Å². The van der Waals surface area contributed by atoms with Crippen molar-refractivity contribution in [3.8, 4) is 10.6 Å². The smallest absolute Gasteiger partial charge is 0.340 e. The van der Waals surface area contributed by atoms with E-state index in [2.05, 4.69) is 4.98 Å². The van der Waals surface area contributed by atoms with Crippen LogP contribution in [0.5, 0.6) is 0 Å². The average Bonchev–Trinajstić information content (AvgIpc) is 3.23. The van der Waals surface area contributed by atoms with Gasteiger partial charge < -0.3 is 4.42 Å². The van der Waals surface area contributed by atoms with Crippen molar-refractivity contribution in [3.05, 3.63) is 91.3 Å². The third-order valence-corrected chi connectivity index (χ3v) is 5.48. The Labute approximate surface area is 164 Å². The SMILES string of the molecule is CCc1c(Cc2cccc([N+](=O)[O-])c2)c(=O)oc2cc(-c3nccs3)ccc12. The number of fused-ring (bicyclic) bond motifs is 1. The van der Waals surface area contributed by atoms with Crippen LogP contribution >= 0.6 is 11.3 Å². The van der Waals surface area contributed by atoms with Crippen LogP contribution in [0.1, 0.15) is 23.6 Å². The molecule has 0 atom stereocenters. The summed E-state index contributed by atoms with van der Waals surface area (Å²) in [6, 6.07) is 12.1. The van der Waals surface area contributed by atoms with E-state index >= 15 is 0 Å². The van der Waals surface area contributed by atoms with Gasteiger partial charge in [0.15, 0.2) is 0 Å². The van der Waals surface area contributed by atoms with Gasteiger partial charge in [-0.05, 0) is 23.6 Å². The van der Waals surface area contributed by atoms with E-state index in [9.17, 15) is 14.9 Å². The van der Waals surface area contributed by atoms with Gasteiger partial charge in [0.25, 0.3) is 5.69 Å². The Bertz CT molecular complexity index is 1230. The molecular weight excluding hydrogens is 376 g/mol. The van der Waals surface area contributed by atoms with Gasteiger partial charge in [-0.2, -0.15) is 0 Å². The Morgan fingerprint density at radius 3 is 2.75 bits per heavy atom. The van der Waals surface area contributed by atoms with Crippen molar-refractivity contribution in [3.63, 3.8) is 0 Å². The minimum Gasteiger partial charge on any atom is -0.422 e. The van der Waals surface area contributed by atoms with E-state index in [4.69, 9.17) is 4.42 Å². The molecular formula is C21H16N2O4S. The lowest BCUT2D eigenvalue weighted by Gasteiger charge is -2.11. The van der Waals surface area contributed by atoms with Gasteiger partial charge >= 0.3 is 5.63 Å². The molecule has 0 N–H and O–H groups in total. The lowest BCUT2D eigenvalue weighted by Crippen LogP contribution is -2.12. The second kappa shape index (κ2) is 7.36. The first-order chi connectivity index (χ1) is 13.6. The molecule has 2 aromatic heterocycles. The molecule has 0 aliphatic heterocycles. The Kier molecular flexibility index (Phi) is 4.75. The first-order valence-corrected chi connectivity index (χ1v) is 9.66. The fourth-order valence-electron chi connectivity index (χ4n) is 3.37. The Hall–Kier alpha value is -3.32. The summed E-state index contributed by atoms with van der Waals surface area (Å²) in [5.74, 6) is 0. The Morgan fingerprint density at radius 1 is 1.18 bits per heavy atom. The van der Waals surface area contributed by atoms with Crippen molar-refractivity contribution in [1.29, 1.82) is 0 Å². The molecule has 0 bridgehead atoms. The molecule has 2 heterocycles. The fourth-order valence-corrected chi connectivity index (χ4v) is 4.00. The van der Waals surface area contributed by atoms with Gasteiger partial charge in [-0.3, -0.25) is 10.1 Å². The van der Waals surface area contributed by atoms with E-state index in [1.54, 1.807) is 18.3 Å². The molecule has 7 heteroatoms. The van der Waals surface area contributed by atoms with Crippen molar-refractivity contribution in [2.24, 2.45) is 0 Å². The number of hydrogen-bond acceptors (Lipinski definition) is 6. The van der Waals surface area contributed by atoms with Crippen molar-refractivity contribution in [2.45, 2.75) is 19.8 Å². The molecule has 0 aliphatic rings. The highest BCUT2D eigenvalue weighted by Gasteiger charge is 2.16. The van der Waals surface area contributed by atoms with Crippen LogP contribution in [-0.4, -0.2) is 9.91 Å². The monoisotopic (exact) mass is 392 g/mol. The normalized spacial score (nSPS) is 11.0. The van der Waals surface area contributed by atoms with Crippen LogP contribution in [0.2, 0.25) is 0 Å². The number of nitro groups is 1. The highest BCUT2D eigenvalue weighted by molar-refractivity contribution is 7.13. The first-order valence-electron chi connectivity index (χ1n) is 8.78. The zero-order valence-corrected chi connectivity index (χ0v) is 15.9. The topological polar surface area (TPSA) is 86.2 Å². The van der Waals surface area contributed by atoms with Crippen molar-refractivity contribution in [1.82, 2.24) is 4.98 Å². The summed E-state index contributed by atoms with van der Waals surface area (Å²) < 4.78 is 5.61. The van der Waals surface area contributed by atoms with Crippen LogP contribution in [0, 0.1) is 10.1 Å². The molecule has 0 aliphatic carbocycles. The number of nitro benzene ring substituents is 1. The third kappa shape index (κ3) is 3.32. The third-order valence-electron chi connectivity index (χ3n) is 4.66. The molecule has 0 radical (unpaired) electrons. The standard InChI is InChI=1S/C21H16N2O4S/c1-2-16-17-7-6-14(20-22-8-9-28-20)12-19(17)27-21(24)18(16)11-13-4-3-5-15(10-13)23(25)26/h3-10,12H,2,11H2,1H3. The second-order valence-corrected chi connectivity index (χ2v) is 7.25. The fraction of sp³-hybridized carbons (Fsp3) is 0.143. The van der Waals surface area contributed by atoms with Gasteiger partial charge in [-0.1, -0.05) is 31.2 Å². The quantitative estimate of drug-likeness (QED) is 0.272. The molecule has 6 nitrogen and oxygen atoms in total. The highest BCUT2D eigenvalue weighted by Crippen LogP contribution is 2.29. The highest BCUT2D eigenvalue weighted by atomic mass is 32.1. The molecule has 28 heavy (non-hydrogen) atoms. The molecule has 4 rings (SSSR count). The molecule has 0 saturated carbocycles. The van der Waals surface area contributed by atoms with E-state index in [0.717, 1.165) is 21.5 Å². The Morgan fingerprint density at radius 2 is 2.04 bits per heavy atom. The Balaban J connectivity index is 1.82. The number of thiazole rings is 1.